The molecule has 0 saturated heterocycles. The molecule has 0 fully saturated rings. The van der Waals surface area contributed by atoms with Crippen molar-refractivity contribution in [3.63, 3.8) is 0 Å². The molecule has 8 heteroatoms. The number of benzene rings is 1. The normalized spacial score (nSPS) is 9.50. The third-order valence-electron chi connectivity index (χ3n) is 2.57. The number of methoxy groups -OCH3 is 1. The van der Waals surface area contributed by atoms with Crippen molar-refractivity contribution < 1.29 is 36.6 Å². The van der Waals surface area contributed by atoms with E-state index in [0.29, 0.717) is 16.9 Å². The molecule has 0 aliphatic carbocycles. The first-order chi connectivity index (χ1) is 9.72. The number of nitrogens with zero attached hydrogens (tertiary/aromatic N) is 3. The predicted octanol–water partition coefficient (Wildman–Crippen LogP) is 1.61. The van der Waals surface area contributed by atoms with E-state index in [-0.39, 0.29) is 33.6 Å². The first kappa shape index (κ1) is 19.6. The molecular weight excluding hydrogens is 333 g/mol. The minimum absolute atomic E-state index is 0. The van der Waals surface area contributed by atoms with E-state index in [1.807, 2.05) is 0 Å². The van der Waals surface area contributed by atoms with Crippen LogP contribution < -0.4 is 4.74 Å². The predicted molar refractivity (Wildman–Crippen MR) is 79.2 cm³/mol. The van der Waals surface area contributed by atoms with Crippen LogP contribution in [0.25, 0.3) is 5.43 Å². The fourth-order valence-corrected chi connectivity index (χ4v) is 1.53. The van der Waals surface area contributed by atoms with Gasteiger partial charge in [-0.2, -0.15) is 0 Å². The van der Waals surface area contributed by atoms with Gasteiger partial charge in [0, 0.05) is 18.6 Å². The van der Waals surface area contributed by atoms with Crippen molar-refractivity contribution >= 4 is 12.1 Å². The van der Waals surface area contributed by atoms with E-state index in [4.69, 9.17) is 9.84 Å². The summed E-state index contributed by atoms with van der Waals surface area (Å²) in [4.78, 5) is 13.5. The SMILES string of the molecule is COc1cccc(C=N[N-]C(=[OH+])c2ccncc2)c1[OH2+].[Ni+2].[OH-]. The van der Waals surface area contributed by atoms with Crippen LogP contribution in [0.1, 0.15) is 11.1 Å². The Kier molecular flexibility index (Phi) is 8.44. The van der Waals surface area contributed by atoms with Crippen LogP contribution in [0.4, 0.5) is 0 Å². The molecule has 118 valence electrons. The number of hydrogen-bond acceptors (Lipinski definition) is 4. The maximum absolute atomic E-state index is 9.71. The molecule has 4 N–H and O–H groups in total. The minimum atomic E-state index is -0.210. The Morgan fingerprint density at radius 1 is 1.32 bits per heavy atom. The first-order valence-corrected chi connectivity index (χ1v) is 5.81. The molecule has 1 aromatic heterocycles. The van der Waals surface area contributed by atoms with Crippen LogP contribution >= 0.6 is 0 Å². The Morgan fingerprint density at radius 2 is 2.00 bits per heavy atom. The fourth-order valence-electron chi connectivity index (χ4n) is 1.53. The summed E-state index contributed by atoms with van der Waals surface area (Å²) in [7, 11) is 1.50. The van der Waals surface area contributed by atoms with Gasteiger partial charge in [-0.15, -0.1) is 0 Å². The average Bonchev–Trinajstić information content (AvgIpc) is 2.49. The molecule has 0 bridgehead atoms. The van der Waals surface area contributed by atoms with Crippen molar-refractivity contribution in [1.29, 1.82) is 0 Å². The zero-order valence-electron chi connectivity index (χ0n) is 11.6. The summed E-state index contributed by atoms with van der Waals surface area (Å²) in [6, 6.07) is 8.40. The van der Waals surface area contributed by atoms with Gasteiger partial charge in [0.05, 0.1) is 18.2 Å². The average molecular weight is 348 g/mol. The molecule has 0 radical (unpaired) electrons. The van der Waals surface area contributed by atoms with E-state index in [1.54, 1.807) is 42.7 Å². The molecule has 2 rings (SSSR count). The second-order valence-corrected chi connectivity index (χ2v) is 3.83. The molecule has 0 spiro atoms. The third-order valence-corrected chi connectivity index (χ3v) is 2.57. The van der Waals surface area contributed by atoms with Gasteiger partial charge in [0.2, 0.25) is 5.75 Å². The van der Waals surface area contributed by atoms with E-state index in [1.165, 1.54) is 13.3 Å². The molecule has 0 aliphatic rings. The van der Waals surface area contributed by atoms with Crippen LogP contribution in [0.3, 0.4) is 0 Å². The van der Waals surface area contributed by atoms with Crippen LogP contribution in [0.15, 0.2) is 47.8 Å². The number of para-hydroxylation sites is 1. The van der Waals surface area contributed by atoms with Gasteiger partial charge in [-0.1, -0.05) is 6.07 Å². The van der Waals surface area contributed by atoms with Gasteiger partial charge in [-0.05, 0) is 24.3 Å². The molecule has 0 saturated carbocycles. The zero-order valence-corrected chi connectivity index (χ0v) is 12.6. The van der Waals surface area contributed by atoms with Crippen molar-refractivity contribution in [2.45, 2.75) is 0 Å². The monoisotopic (exact) mass is 347 g/mol. The molecule has 7 nitrogen and oxygen atoms in total. The summed E-state index contributed by atoms with van der Waals surface area (Å²) in [5.74, 6) is 0.465. The van der Waals surface area contributed by atoms with Gasteiger partial charge < -0.3 is 25.8 Å². The number of hydrogen-bond donors (Lipinski definition) is 0. The van der Waals surface area contributed by atoms with Gasteiger partial charge >= 0.3 is 22.2 Å². The van der Waals surface area contributed by atoms with Crippen molar-refractivity contribution in [3.8, 4) is 11.5 Å². The van der Waals surface area contributed by atoms with Gasteiger partial charge in [0.1, 0.15) is 0 Å². The van der Waals surface area contributed by atoms with E-state index < -0.39 is 0 Å². The maximum Gasteiger partial charge on any atom is 2.00 e. The summed E-state index contributed by atoms with van der Waals surface area (Å²) < 4.78 is 5.04. The van der Waals surface area contributed by atoms with Gasteiger partial charge in [0.15, 0.2) is 0 Å². The van der Waals surface area contributed by atoms with E-state index in [0.717, 1.165) is 0 Å². The van der Waals surface area contributed by atoms with Gasteiger partial charge in [0.25, 0.3) is 5.91 Å². The van der Waals surface area contributed by atoms with Crippen molar-refractivity contribution in [2.75, 3.05) is 7.11 Å². The molecule has 0 unspecified atom stereocenters. The van der Waals surface area contributed by atoms with Crippen LogP contribution in [0, 0.1) is 0 Å². The number of amides is 1. The summed E-state index contributed by atoms with van der Waals surface area (Å²) in [5, 5.41) is 11.6. The van der Waals surface area contributed by atoms with Gasteiger partial charge in [-0.25, -0.2) is 0 Å². The maximum atomic E-state index is 9.71. The zero-order chi connectivity index (χ0) is 14.4. The Morgan fingerprint density at radius 3 is 2.64 bits per heavy atom. The molecule has 0 aliphatic heterocycles. The number of aromatic nitrogens is 1. The Bertz CT molecular complexity index is 635. The van der Waals surface area contributed by atoms with Crippen molar-refractivity contribution in [2.24, 2.45) is 5.10 Å². The molecule has 22 heavy (non-hydrogen) atoms. The largest absolute Gasteiger partial charge is 2.00 e. The molecule has 1 amide bonds. The number of rotatable bonds is 4. The quantitative estimate of drug-likeness (QED) is 0.361. The van der Waals surface area contributed by atoms with Crippen LogP contribution in [0.2, 0.25) is 0 Å². The minimum Gasteiger partial charge on any atom is -0.870 e. The van der Waals surface area contributed by atoms with Crippen molar-refractivity contribution in [1.82, 2.24) is 4.98 Å². The Hall–Kier alpha value is -2.44. The first-order valence-electron chi connectivity index (χ1n) is 5.81. The summed E-state index contributed by atoms with van der Waals surface area (Å²) >= 11 is 0. The number of pyridine rings is 1. The van der Waals surface area contributed by atoms with Gasteiger partial charge in [-0.3, -0.25) is 9.78 Å². The summed E-state index contributed by atoms with van der Waals surface area (Å²) in [6.45, 7) is 0. The van der Waals surface area contributed by atoms with Crippen molar-refractivity contribution in [3.05, 3.63) is 59.3 Å². The Labute approximate surface area is 137 Å². The summed E-state index contributed by atoms with van der Waals surface area (Å²) in [5.41, 5.74) is 4.75. The molecule has 1 aromatic carbocycles. The topological polar surface area (TPSA) is 123 Å². The molecule has 0 atom stereocenters. The van der Waals surface area contributed by atoms with E-state index in [2.05, 4.69) is 15.5 Å². The molecule has 2 aromatic rings. The number of ether oxygens (including phenoxy) is 1. The van der Waals surface area contributed by atoms with E-state index in [9.17, 15) is 4.79 Å². The second kappa shape index (κ2) is 9.49. The molecular formula is C14H15N3NiO4+2. The fraction of sp³-hybridized carbons (Fsp3) is 0.0714. The van der Waals surface area contributed by atoms with Crippen LogP contribution in [0.5, 0.6) is 11.5 Å². The number of carbonyl (C=O) groups excluding carboxylic acids is 1. The third kappa shape index (κ3) is 4.84. The summed E-state index contributed by atoms with van der Waals surface area (Å²) in [6.07, 6.45) is 4.49. The van der Waals surface area contributed by atoms with Crippen LogP contribution in [-0.2, 0) is 16.5 Å². The van der Waals surface area contributed by atoms with Crippen LogP contribution in [-0.4, -0.2) is 39.6 Å². The smallest absolute Gasteiger partial charge is 0.870 e. The standard InChI is InChI=1S/C14H13N3O3.Ni.H2O/c1-20-12-4-2-3-11(13(12)18)9-16-17-14(19)10-5-7-15-8-6-10;;/h2-9H,1H3,(H2,15,16,17,18,19);;1H2/q;+2;. The van der Waals surface area contributed by atoms with E-state index >= 15 is 0 Å². The Balaban J connectivity index is 0.00000220. The second-order valence-electron chi connectivity index (χ2n) is 3.83. The molecule has 1 heterocycles.